The second-order valence-electron chi connectivity index (χ2n) is 4.44. The third kappa shape index (κ3) is 4.16. The van der Waals surface area contributed by atoms with Gasteiger partial charge in [-0.05, 0) is 25.5 Å². The van der Waals surface area contributed by atoms with Gasteiger partial charge in [0.15, 0.2) is 0 Å². The fourth-order valence-corrected chi connectivity index (χ4v) is 1.79. The fraction of sp³-hybridized carbons (Fsp3) is 0.500. The summed E-state index contributed by atoms with van der Waals surface area (Å²) in [5.41, 5.74) is -0.874. The number of hydrogen-bond donors (Lipinski definition) is 3. The minimum Gasteiger partial charge on any atom is -0.478 e. The predicted molar refractivity (Wildman–Crippen MR) is 70.2 cm³/mol. The van der Waals surface area contributed by atoms with Gasteiger partial charge in [0.1, 0.15) is 16.5 Å². The Bertz CT molecular complexity index is 435. The average Bonchev–Trinajstić information content (AvgIpc) is 2.26. The van der Waals surface area contributed by atoms with E-state index < -0.39 is 11.6 Å². The van der Waals surface area contributed by atoms with Crippen molar-refractivity contribution < 1.29 is 15.0 Å². The Morgan fingerprint density at radius 3 is 2.78 bits per heavy atom. The number of rotatable bonds is 6. The van der Waals surface area contributed by atoms with Gasteiger partial charge in [-0.3, -0.25) is 0 Å². The number of nitrogens with one attached hydrogen (secondary N) is 1. The summed E-state index contributed by atoms with van der Waals surface area (Å²) >= 11 is 5.73. The summed E-state index contributed by atoms with van der Waals surface area (Å²) in [4.78, 5) is 14.9. The average molecular weight is 273 g/mol. The van der Waals surface area contributed by atoms with Gasteiger partial charge >= 0.3 is 5.97 Å². The summed E-state index contributed by atoms with van der Waals surface area (Å²) in [5.74, 6) is -0.914. The zero-order chi connectivity index (χ0) is 13.8. The molecule has 0 aromatic carbocycles. The Morgan fingerprint density at radius 1 is 1.56 bits per heavy atom. The Morgan fingerprint density at radius 2 is 2.22 bits per heavy atom. The normalized spacial score (nSPS) is 14.0. The molecule has 0 saturated heterocycles. The molecular weight excluding hydrogens is 256 g/mol. The number of pyridine rings is 1. The Kier molecular flexibility index (Phi) is 4.93. The molecule has 100 valence electrons. The quantitative estimate of drug-likeness (QED) is 0.693. The molecule has 0 aliphatic carbocycles. The first-order valence-corrected chi connectivity index (χ1v) is 6.09. The standard InChI is InChI=1S/C12H17ClN2O3/c1-3-6-12(2,18)7-14-10-8(11(16)17)4-5-9(13)15-10/h4-5,18H,3,6-7H2,1-2H3,(H,14,15)(H,16,17). The van der Waals surface area contributed by atoms with Gasteiger partial charge in [0.25, 0.3) is 0 Å². The molecule has 3 N–H and O–H groups in total. The SMILES string of the molecule is CCCC(C)(O)CNc1nc(Cl)ccc1C(=O)O. The number of aliphatic hydroxyl groups is 1. The number of aromatic carboxylic acids is 1. The number of carboxylic acid groups (broad SMARTS) is 1. The molecule has 0 amide bonds. The fourth-order valence-electron chi connectivity index (χ4n) is 1.64. The smallest absolute Gasteiger partial charge is 0.339 e. The van der Waals surface area contributed by atoms with Crippen LogP contribution in [0, 0.1) is 0 Å². The predicted octanol–water partition coefficient (Wildman–Crippen LogP) is 2.40. The molecule has 1 aromatic rings. The molecule has 0 spiro atoms. The van der Waals surface area contributed by atoms with Crippen molar-refractivity contribution >= 4 is 23.4 Å². The maximum atomic E-state index is 11.0. The summed E-state index contributed by atoms with van der Waals surface area (Å²) in [5, 5.41) is 22.0. The molecule has 0 aliphatic rings. The Labute approximate surface area is 111 Å². The highest BCUT2D eigenvalue weighted by molar-refractivity contribution is 6.29. The number of hydrogen-bond acceptors (Lipinski definition) is 4. The number of nitrogens with zero attached hydrogens (tertiary/aromatic N) is 1. The van der Waals surface area contributed by atoms with Crippen LogP contribution in [0.2, 0.25) is 5.15 Å². The van der Waals surface area contributed by atoms with E-state index in [0.717, 1.165) is 6.42 Å². The van der Waals surface area contributed by atoms with Crippen molar-refractivity contribution in [3.05, 3.63) is 22.8 Å². The molecule has 6 heteroatoms. The van der Waals surface area contributed by atoms with Gasteiger partial charge in [-0.15, -0.1) is 0 Å². The van der Waals surface area contributed by atoms with Gasteiger partial charge in [0.05, 0.1) is 5.60 Å². The van der Waals surface area contributed by atoms with Crippen LogP contribution in [-0.4, -0.2) is 33.3 Å². The number of carboxylic acids is 1. The van der Waals surface area contributed by atoms with Crippen molar-refractivity contribution in [2.45, 2.75) is 32.3 Å². The minimum absolute atomic E-state index is 0.0340. The van der Waals surface area contributed by atoms with Gasteiger partial charge in [-0.1, -0.05) is 24.9 Å². The zero-order valence-electron chi connectivity index (χ0n) is 10.4. The first-order chi connectivity index (χ1) is 8.35. The monoisotopic (exact) mass is 272 g/mol. The largest absolute Gasteiger partial charge is 0.478 e. The van der Waals surface area contributed by atoms with E-state index >= 15 is 0 Å². The lowest BCUT2D eigenvalue weighted by atomic mass is 10.0. The van der Waals surface area contributed by atoms with Crippen molar-refractivity contribution in [2.24, 2.45) is 0 Å². The van der Waals surface area contributed by atoms with Gasteiger partial charge in [0, 0.05) is 6.54 Å². The topological polar surface area (TPSA) is 82.5 Å². The van der Waals surface area contributed by atoms with Crippen molar-refractivity contribution in [3.63, 3.8) is 0 Å². The summed E-state index contributed by atoms with van der Waals surface area (Å²) < 4.78 is 0. The Balaban J connectivity index is 2.83. The molecule has 0 saturated carbocycles. The second-order valence-corrected chi connectivity index (χ2v) is 4.82. The van der Waals surface area contributed by atoms with Crippen molar-refractivity contribution in [1.29, 1.82) is 0 Å². The van der Waals surface area contributed by atoms with Gasteiger partial charge in [-0.2, -0.15) is 0 Å². The van der Waals surface area contributed by atoms with E-state index in [-0.39, 0.29) is 23.1 Å². The summed E-state index contributed by atoms with van der Waals surface area (Å²) in [7, 11) is 0. The Hall–Kier alpha value is -1.33. The molecule has 1 rings (SSSR count). The third-order valence-corrected chi connectivity index (χ3v) is 2.73. The van der Waals surface area contributed by atoms with E-state index in [4.69, 9.17) is 16.7 Å². The highest BCUT2D eigenvalue weighted by Crippen LogP contribution is 2.19. The van der Waals surface area contributed by atoms with Crippen LogP contribution in [0.25, 0.3) is 0 Å². The highest BCUT2D eigenvalue weighted by atomic mass is 35.5. The van der Waals surface area contributed by atoms with E-state index in [0.29, 0.717) is 6.42 Å². The number of anilines is 1. The first-order valence-electron chi connectivity index (χ1n) is 5.72. The summed E-state index contributed by atoms with van der Waals surface area (Å²) in [6, 6.07) is 2.80. The molecule has 5 nitrogen and oxygen atoms in total. The third-order valence-electron chi connectivity index (χ3n) is 2.52. The van der Waals surface area contributed by atoms with Crippen molar-refractivity contribution in [3.8, 4) is 0 Å². The second kappa shape index (κ2) is 6.02. The maximum Gasteiger partial charge on any atom is 0.339 e. The summed E-state index contributed by atoms with van der Waals surface area (Å²) in [6.45, 7) is 3.87. The zero-order valence-corrected chi connectivity index (χ0v) is 11.2. The molecule has 1 atom stereocenters. The number of halogens is 1. The van der Waals surface area contributed by atoms with Crippen LogP contribution in [0.3, 0.4) is 0 Å². The molecule has 1 heterocycles. The van der Waals surface area contributed by atoms with Crippen LogP contribution in [0.4, 0.5) is 5.82 Å². The molecule has 1 aromatic heterocycles. The van der Waals surface area contributed by atoms with Crippen LogP contribution in [0.15, 0.2) is 12.1 Å². The molecule has 0 bridgehead atoms. The van der Waals surface area contributed by atoms with E-state index in [1.165, 1.54) is 12.1 Å². The molecule has 0 aliphatic heterocycles. The molecule has 0 fully saturated rings. The lowest BCUT2D eigenvalue weighted by Gasteiger charge is -2.23. The van der Waals surface area contributed by atoms with Crippen LogP contribution in [0.1, 0.15) is 37.0 Å². The van der Waals surface area contributed by atoms with Crippen LogP contribution in [-0.2, 0) is 0 Å². The van der Waals surface area contributed by atoms with Gasteiger partial charge < -0.3 is 15.5 Å². The molecular formula is C12H17ClN2O3. The molecule has 18 heavy (non-hydrogen) atoms. The first kappa shape index (κ1) is 14.7. The molecule has 0 radical (unpaired) electrons. The lowest BCUT2D eigenvalue weighted by molar-refractivity contribution is 0.0629. The van der Waals surface area contributed by atoms with Gasteiger partial charge in [0.2, 0.25) is 0 Å². The van der Waals surface area contributed by atoms with Crippen molar-refractivity contribution in [1.82, 2.24) is 4.98 Å². The van der Waals surface area contributed by atoms with E-state index in [1.807, 2.05) is 6.92 Å². The van der Waals surface area contributed by atoms with Crippen molar-refractivity contribution in [2.75, 3.05) is 11.9 Å². The number of carbonyl (C=O) groups is 1. The van der Waals surface area contributed by atoms with E-state index in [1.54, 1.807) is 6.92 Å². The molecule has 1 unspecified atom stereocenters. The highest BCUT2D eigenvalue weighted by Gasteiger charge is 2.20. The summed E-state index contributed by atoms with van der Waals surface area (Å²) in [6.07, 6.45) is 1.45. The minimum atomic E-state index is -1.09. The maximum absolute atomic E-state index is 11.0. The lowest BCUT2D eigenvalue weighted by Crippen LogP contribution is -2.33. The van der Waals surface area contributed by atoms with Crippen LogP contribution >= 0.6 is 11.6 Å². The van der Waals surface area contributed by atoms with Crippen LogP contribution in [0.5, 0.6) is 0 Å². The van der Waals surface area contributed by atoms with Crippen LogP contribution < -0.4 is 5.32 Å². The number of aromatic nitrogens is 1. The van der Waals surface area contributed by atoms with E-state index in [9.17, 15) is 9.90 Å². The van der Waals surface area contributed by atoms with E-state index in [2.05, 4.69) is 10.3 Å². The van der Waals surface area contributed by atoms with Gasteiger partial charge in [-0.25, -0.2) is 9.78 Å².